The number of hydrogen-bond acceptors (Lipinski definition) is 7. The molecular weight excluding hydrogens is 446 g/mol. The minimum absolute atomic E-state index is 0.0533. The first-order valence-electron chi connectivity index (χ1n) is 12.7. The van der Waals surface area contributed by atoms with E-state index in [2.05, 4.69) is 11.9 Å². The second-order valence-electron chi connectivity index (χ2n) is 11.2. The lowest BCUT2D eigenvalue weighted by Gasteiger charge is -2.34. The van der Waals surface area contributed by atoms with E-state index in [9.17, 15) is 19.8 Å². The van der Waals surface area contributed by atoms with Crippen LogP contribution in [0, 0.1) is 17.3 Å². The van der Waals surface area contributed by atoms with Crippen molar-refractivity contribution in [3.8, 4) is 0 Å². The van der Waals surface area contributed by atoms with Crippen LogP contribution in [0.1, 0.15) is 79.3 Å². The third-order valence-electron chi connectivity index (χ3n) is 7.98. The number of rotatable bonds is 2. The van der Waals surface area contributed by atoms with Gasteiger partial charge in [0, 0.05) is 18.5 Å². The predicted octanol–water partition coefficient (Wildman–Crippen LogP) is 4.11. The highest BCUT2D eigenvalue weighted by molar-refractivity contribution is 5.88. The Morgan fingerprint density at radius 3 is 2.54 bits per heavy atom. The molecule has 7 nitrogen and oxygen atoms in total. The number of carbonyl (C=O) groups excluding carboxylic acids is 2. The number of esters is 1. The van der Waals surface area contributed by atoms with Crippen molar-refractivity contribution in [3.63, 3.8) is 0 Å². The van der Waals surface area contributed by atoms with Crippen molar-refractivity contribution in [2.45, 2.75) is 104 Å². The normalized spacial score (nSPS) is 37.3. The van der Waals surface area contributed by atoms with Gasteiger partial charge in [0.2, 0.25) is 0 Å². The molecule has 0 aromatic carbocycles. The number of hydrogen-bond donors (Lipinski definition) is 2. The van der Waals surface area contributed by atoms with E-state index in [-0.39, 0.29) is 29.8 Å². The second kappa shape index (κ2) is 10.9. The molecule has 0 bridgehead atoms. The molecule has 1 aromatic rings. The number of ketones is 1. The second-order valence-corrected chi connectivity index (χ2v) is 11.2. The van der Waals surface area contributed by atoms with Crippen molar-refractivity contribution in [3.05, 3.63) is 35.7 Å². The van der Waals surface area contributed by atoms with Gasteiger partial charge < -0.3 is 19.7 Å². The summed E-state index contributed by atoms with van der Waals surface area (Å²) >= 11 is 0. The van der Waals surface area contributed by atoms with Crippen LogP contribution in [-0.2, 0) is 19.1 Å². The topological polar surface area (TPSA) is 109 Å². The van der Waals surface area contributed by atoms with Crippen LogP contribution in [0.4, 0.5) is 0 Å². The van der Waals surface area contributed by atoms with Crippen LogP contribution in [0.5, 0.6) is 0 Å². The van der Waals surface area contributed by atoms with Gasteiger partial charge in [-0.05, 0) is 56.4 Å². The fourth-order valence-electron chi connectivity index (χ4n) is 5.08. The highest BCUT2D eigenvalue weighted by Crippen LogP contribution is 2.45. The minimum atomic E-state index is -1.23. The van der Waals surface area contributed by atoms with E-state index in [0.29, 0.717) is 6.42 Å². The van der Waals surface area contributed by atoms with Crippen LogP contribution < -0.4 is 0 Å². The van der Waals surface area contributed by atoms with E-state index in [1.54, 1.807) is 27.0 Å². The van der Waals surface area contributed by atoms with Crippen molar-refractivity contribution in [1.82, 2.24) is 4.98 Å². The lowest BCUT2D eigenvalue weighted by Crippen LogP contribution is -2.45. The molecule has 2 aliphatic heterocycles. The molecule has 2 saturated heterocycles. The van der Waals surface area contributed by atoms with Crippen molar-refractivity contribution in [1.29, 1.82) is 0 Å². The van der Waals surface area contributed by atoms with Gasteiger partial charge in [-0.3, -0.25) is 14.6 Å². The summed E-state index contributed by atoms with van der Waals surface area (Å²) in [6.07, 6.45) is 3.60. The van der Waals surface area contributed by atoms with E-state index in [0.717, 1.165) is 30.5 Å². The molecule has 0 amide bonds. The SMILES string of the molecule is CC(=Cc1ccccn1)[C@@H]1C[C@@H]2OC2(C)CCC[C@H](C)[C@H](O)[C@@H](C)C(=O)C(C)(C)[C@@H](O)CC(=O)O1. The number of aromatic nitrogens is 1. The highest BCUT2D eigenvalue weighted by atomic mass is 16.6. The number of carbonyl (C=O) groups is 2. The van der Waals surface area contributed by atoms with Crippen LogP contribution in [-0.4, -0.2) is 57.0 Å². The van der Waals surface area contributed by atoms with Gasteiger partial charge in [-0.25, -0.2) is 0 Å². The quantitative estimate of drug-likeness (QED) is 0.477. The number of pyridine rings is 1. The molecule has 0 aliphatic carbocycles. The average molecular weight is 488 g/mol. The van der Waals surface area contributed by atoms with Crippen molar-refractivity contribution in [2.75, 3.05) is 0 Å². The van der Waals surface area contributed by atoms with Gasteiger partial charge in [-0.2, -0.15) is 0 Å². The Bertz CT molecular complexity index is 929. The summed E-state index contributed by atoms with van der Waals surface area (Å²) in [7, 11) is 0. The molecule has 7 atom stereocenters. The van der Waals surface area contributed by atoms with Crippen molar-refractivity contribution in [2.24, 2.45) is 17.3 Å². The molecule has 0 spiro atoms. The first-order chi connectivity index (χ1) is 16.3. The summed E-state index contributed by atoms with van der Waals surface area (Å²) in [5.74, 6) is -1.56. The number of Topliss-reactive ketones (excluding diaryl/α,β-unsaturated/α-hetero) is 1. The molecule has 2 aliphatic rings. The Balaban J connectivity index is 1.86. The third kappa shape index (κ3) is 6.57. The standard InChI is InChI=1S/C28H41NO6/c1-17-10-9-12-28(6)23(35-28)15-21(18(2)14-20-11-7-8-13-29-20)34-24(31)16-22(30)27(4,5)26(33)19(3)25(17)32/h7-8,11,13-14,17,19,21-23,25,30,32H,9-10,12,15-16H2,1-6H3/t17-,19+,21-,22-,23-,25-,28?/m0/s1. The smallest absolute Gasteiger partial charge is 0.309 e. The Morgan fingerprint density at radius 1 is 1.17 bits per heavy atom. The van der Waals surface area contributed by atoms with Gasteiger partial charge in [-0.15, -0.1) is 0 Å². The van der Waals surface area contributed by atoms with Crippen LogP contribution in [0.15, 0.2) is 30.0 Å². The van der Waals surface area contributed by atoms with Crippen molar-refractivity contribution < 1.29 is 29.3 Å². The summed E-state index contributed by atoms with van der Waals surface area (Å²) in [5, 5.41) is 21.7. The Kier molecular flexibility index (Phi) is 8.56. The Labute approximate surface area is 208 Å². The summed E-state index contributed by atoms with van der Waals surface area (Å²) in [6, 6.07) is 5.62. The molecular formula is C28H41NO6. The van der Waals surface area contributed by atoms with E-state index in [4.69, 9.17) is 9.47 Å². The van der Waals surface area contributed by atoms with Crippen LogP contribution in [0.25, 0.3) is 6.08 Å². The molecule has 3 heterocycles. The number of cyclic esters (lactones) is 1. The monoisotopic (exact) mass is 487 g/mol. The predicted molar refractivity (Wildman–Crippen MR) is 133 cm³/mol. The highest BCUT2D eigenvalue weighted by Gasteiger charge is 2.53. The van der Waals surface area contributed by atoms with Gasteiger partial charge in [-0.1, -0.05) is 40.2 Å². The van der Waals surface area contributed by atoms with E-state index in [1.807, 2.05) is 38.1 Å². The van der Waals surface area contributed by atoms with Gasteiger partial charge >= 0.3 is 5.97 Å². The Morgan fingerprint density at radius 2 is 1.89 bits per heavy atom. The lowest BCUT2D eigenvalue weighted by molar-refractivity contribution is -0.154. The van der Waals surface area contributed by atoms with E-state index >= 15 is 0 Å². The number of aliphatic hydroxyl groups is 2. The molecule has 1 aromatic heterocycles. The summed E-state index contributed by atoms with van der Waals surface area (Å²) < 4.78 is 11.9. The molecule has 194 valence electrons. The van der Waals surface area contributed by atoms with E-state index in [1.165, 1.54) is 0 Å². The van der Waals surface area contributed by atoms with Crippen LogP contribution in [0.2, 0.25) is 0 Å². The fraction of sp³-hybridized carbons (Fsp3) is 0.679. The summed E-state index contributed by atoms with van der Waals surface area (Å²) in [6.45, 7) is 10.9. The van der Waals surface area contributed by atoms with Gasteiger partial charge in [0.15, 0.2) is 0 Å². The molecule has 35 heavy (non-hydrogen) atoms. The number of nitrogens with zero attached hydrogens (tertiary/aromatic N) is 1. The molecule has 3 rings (SSSR count). The van der Waals surface area contributed by atoms with Gasteiger partial charge in [0.1, 0.15) is 11.9 Å². The zero-order chi connectivity index (χ0) is 26.0. The fourth-order valence-corrected chi connectivity index (χ4v) is 5.08. The van der Waals surface area contributed by atoms with Gasteiger partial charge in [0.05, 0.1) is 41.4 Å². The summed E-state index contributed by atoms with van der Waals surface area (Å²) in [4.78, 5) is 30.5. The number of epoxide rings is 1. The first kappa shape index (κ1) is 27.5. The summed E-state index contributed by atoms with van der Waals surface area (Å²) in [5.41, 5.74) is 0.0933. The maximum atomic E-state index is 13.2. The number of aliphatic hydroxyl groups excluding tert-OH is 2. The van der Waals surface area contributed by atoms with Gasteiger partial charge in [0.25, 0.3) is 0 Å². The molecule has 0 radical (unpaired) electrons. The maximum absolute atomic E-state index is 13.2. The number of fused-ring (bicyclic) bond motifs is 1. The minimum Gasteiger partial charge on any atom is -0.458 e. The Hall–Kier alpha value is -2.09. The lowest BCUT2D eigenvalue weighted by atomic mass is 9.73. The average Bonchev–Trinajstić information content (AvgIpc) is 3.45. The first-order valence-corrected chi connectivity index (χ1v) is 12.7. The van der Waals surface area contributed by atoms with Crippen LogP contribution >= 0.6 is 0 Å². The van der Waals surface area contributed by atoms with E-state index < -0.39 is 35.6 Å². The van der Waals surface area contributed by atoms with Crippen LogP contribution in [0.3, 0.4) is 0 Å². The molecule has 1 unspecified atom stereocenters. The molecule has 2 N–H and O–H groups in total. The molecule has 2 fully saturated rings. The third-order valence-corrected chi connectivity index (χ3v) is 7.98. The number of ether oxygens (including phenoxy) is 2. The largest absolute Gasteiger partial charge is 0.458 e. The van der Waals surface area contributed by atoms with Crippen molar-refractivity contribution >= 4 is 17.8 Å². The molecule has 7 heteroatoms. The maximum Gasteiger partial charge on any atom is 0.309 e. The zero-order valence-electron chi connectivity index (χ0n) is 21.9. The zero-order valence-corrected chi connectivity index (χ0v) is 21.9. The molecule has 0 saturated carbocycles.